The number of nitrogens with zero attached hydrogens (tertiary/aromatic N) is 3. The number of rotatable bonds is 6. The minimum atomic E-state index is 1.09. The maximum atomic E-state index is 4.35. The van der Waals surface area contributed by atoms with Gasteiger partial charge >= 0.3 is 0 Å². The Morgan fingerprint density at radius 3 is 1.23 bits per heavy atom. The van der Waals surface area contributed by atoms with Gasteiger partial charge in [-0.25, -0.2) is 0 Å². The topological polar surface area (TPSA) is 29.0 Å². The quantitative estimate of drug-likeness (QED) is 0.160. The van der Waals surface area contributed by atoms with Crippen LogP contribution in [-0.4, -0.2) is 9.97 Å². The summed E-state index contributed by atoms with van der Waals surface area (Å²) in [6, 6.07) is 68.6. The predicted octanol–water partition coefficient (Wildman–Crippen LogP) is 14.7. The number of aromatic nitrogens is 2. The fourth-order valence-corrected chi connectivity index (χ4v) is 8.33. The van der Waals surface area contributed by atoms with E-state index < -0.39 is 0 Å². The van der Waals surface area contributed by atoms with Crippen LogP contribution in [0, 0.1) is 0 Å². The second-order valence-electron chi connectivity index (χ2n) is 14.8. The van der Waals surface area contributed by atoms with Crippen LogP contribution in [-0.2, 0) is 0 Å². The van der Waals surface area contributed by atoms with E-state index in [0.29, 0.717) is 0 Å². The van der Waals surface area contributed by atoms with E-state index in [9.17, 15) is 0 Å². The van der Waals surface area contributed by atoms with Crippen molar-refractivity contribution >= 4 is 70.9 Å². The minimum Gasteiger partial charge on any atom is -0.310 e. The monoisotopic (exact) mass is 725 g/mol. The Kier molecular flexibility index (Phi) is 7.82. The molecule has 266 valence electrons. The van der Waals surface area contributed by atoms with E-state index in [1.165, 1.54) is 76.5 Å². The highest BCUT2D eigenvalue weighted by Gasteiger charge is 2.15. The molecule has 11 aromatic rings. The lowest BCUT2D eigenvalue weighted by Crippen LogP contribution is -2.09. The van der Waals surface area contributed by atoms with Crippen LogP contribution >= 0.6 is 0 Å². The molecule has 0 radical (unpaired) electrons. The van der Waals surface area contributed by atoms with Gasteiger partial charge in [-0.15, -0.1) is 0 Å². The van der Waals surface area contributed by atoms with Crippen LogP contribution in [0.5, 0.6) is 0 Å². The van der Waals surface area contributed by atoms with Gasteiger partial charge in [0.15, 0.2) is 0 Å². The van der Waals surface area contributed by atoms with Crippen molar-refractivity contribution in [3.8, 4) is 33.4 Å². The van der Waals surface area contributed by atoms with Gasteiger partial charge in [0, 0.05) is 52.6 Å². The lowest BCUT2D eigenvalue weighted by atomic mass is 9.96. The summed E-state index contributed by atoms with van der Waals surface area (Å²) in [5.74, 6) is 0. The highest BCUT2D eigenvalue weighted by atomic mass is 15.1. The van der Waals surface area contributed by atoms with Crippen LogP contribution in [0.25, 0.3) is 87.2 Å². The first kappa shape index (κ1) is 32.8. The normalized spacial score (nSPS) is 11.5. The number of anilines is 3. The second-order valence-corrected chi connectivity index (χ2v) is 14.8. The SMILES string of the molecule is c1ccc2cc(-c3ccc4c(ccc5cc(N(c6ccc(-c7ccc8ccncc8c7)cc6)c6ccc(-c7ccc8ccncc8c7)cc6)ccc54)c3)ccc2c1. The van der Waals surface area contributed by atoms with Gasteiger partial charge in [-0.05, 0) is 149 Å². The third-order valence-electron chi connectivity index (χ3n) is 11.4. The molecule has 57 heavy (non-hydrogen) atoms. The van der Waals surface area contributed by atoms with Crippen LogP contribution < -0.4 is 4.90 Å². The molecule has 0 saturated carbocycles. The average molecular weight is 726 g/mol. The Bertz CT molecular complexity index is 3170. The fourth-order valence-electron chi connectivity index (χ4n) is 8.33. The summed E-state index contributed by atoms with van der Waals surface area (Å²) in [6.07, 6.45) is 7.55. The zero-order valence-electron chi connectivity index (χ0n) is 31.0. The third-order valence-corrected chi connectivity index (χ3v) is 11.4. The Balaban J connectivity index is 0.981. The van der Waals surface area contributed by atoms with Crippen LogP contribution in [0.1, 0.15) is 0 Å². The fraction of sp³-hybridized carbons (Fsp3) is 0. The zero-order valence-corrected chi connectivity index (χ0v) is 31.0. The van der Waals surface area contributed by atoms with Crippen molar-refractivity contribution in [2.45, 2.75) is 0 Å². The number of fused-ring (bicyclic) bond motifs is 6. The van der Waals surface area contributed by atoms with Crippen molar-refractivity contribution in [2.24, 2.45) is 0 Å². The summed E-state index contributed by atoms with van der Waals surface area (Å²) in [5, 5.41) is 12.1. The summed E-state index contributed by atoms with van der Waals surface area (Å²) in [7, 11) is 0. The van der Waals surface area contributed by atoms with Gasteiger partial charge in [-0.1, -0.05) is 115 Å². The maximum Gasteiger partial charge on any atom is 0.0468 e. The molecular weight excluding hydrogens is 691 g/mol. The van der Waals surface area contributed by atoms with E-state index in [1.807, 2.05) is 24.8 Å². The summed E-state index contributed by atoms with van der Waals surface area (Å²) in [6.45, 7) is 0. The smallest absolute Gasteiger partial charge is 0.0468 e. The molecule has 0 bridgehead atoms. The van der Waals surface area contributed by atoms with Crippen molar-refractivity contribution < 1.29 is 0 Å². The first-order chi connectivity index (χ1) is 28.2. The summed E-state index contributed by atoms with van der Waals surface area (Å²) < 4.78 is 0. The summed E-state index contributed by atoms with van der Waals surface area (Å²) in [4.78, 5) is 11.0. The molecule has 0 atom stereocenters. The third kappa shape index (κ3) is 6.03. The van der Waals surface area contributed by atoms with Gasteiger partial charge in [0.2, 0.25) is 0 Å². The van der Waals surface area contributed by atoms with Crippen molar-refractivity contribution in [1.82, 2.24) is 9.97 Å². The first-order valence-corrected chi connectivity index (χ1v) is 19.3. The molecule has 11 rings (SSSR count). The molecule has 9 aromatic carbocycles. The molecule has 3 heteroatoms. The van der Waals surface area contributed by atoms with E-state index in [2.05, 4.69) is 203 Å². The first-order valence-electron chi connectivity index (χ1n) is 19.3. The van der Waals surface area contributed by atoms with E-state index in [4.69, 9.17) is 0 Å². The molecule has 2 aromatic heterocycles. The van der Waals surface area contributed by atoms with Crippen molar-refractivity contribution in [1.29, 1.82) is 0 Å². The highest BCUT2D eigenvalue weighted by Crippen LogP contribution is 2.40. The van der Waals surface area contributed by atoms with E-state index in [1.54, 1.807) is 0 Å². The van der Waals surface area contributed by atoms with Crippen molar-refractivity contribution in [3.63, 3.8) is 0 Å². The molecule has 0 saturated heterocycles. The largest absolute Gasteiger partial charge is 0.310 e. The minimum absolute atomic E-state index is 1.09. The Hall–Kier alpha value is -7.62. The molecule has 0 aliphatic heterocycles. The molecule has 0 aliphatic carbocycles. The maximum absolute atomic E-state index is 4.35. The van der Waals surface area contributed by atoms with Crippen molar-refractivity contribution in [3.05, 3.63) is 213 Å². The van der Waals surface area contributed by atoms with E-state index >= 15 is 0 Å². The molecule has 0 N–H and O–H groups in total. The Labute approximate surface area is 330 Å². The average Bonchev–Trinajstić information content (AvgIpc) is 3.29. The van der Waals surface area contributed by atoms with Gasteiger partial charge < -0.3 is 4.90 Å². The number of hydrogen-bond acceptors (Lipinski definition) is 3. The van der Waals surface area contributed by atoms with Gasteiger partial charge in [0.25, 0.3) is 0 Å². The molecule has 0 unspecified atom stereocenters. The summed E-state index contributed by atoms with van der Waals surface area (Å²) >= 11 is 0. The number of hydrogen-bond donors (Lipinski definition) is 0. The number of benzene rings is 9. The lowest BCUT2D eigenvalue weighted by Gasteiger charge is -2.26. The molecule has 0 fully saturated rings. The lowest BCUT2D eigenvalue weighted by molar-refractivity contribution is 1.29. The van der Waals surface area contributed by atoms with Crippen LogP contribution in [0.2, 0.25) is 0 Å². The Morgan fingerprint density at radius 2 is 0.649 bits per heavy atom. The molecule has 2 heterocycles. The molecular formula is C54H35N3. The van der Waals surface area contributed by atoms with Gasteiger partial charge in [0.1, 0.15) is 0 Å². The molecule has 0 spiro atoms. The highest BCUT2D eigenvalue weighted by molar-refractivity contribution is 6.09. The van der Waals surface area contributed by atoms with E-state index in [-0.39, 0.29) is 0 Å². The zero-order chi connectivity index (χ0) is 37.7. The molecule has 0 amide bonds. The van der Waals surface area contributed by atoms with Crippen molar-refractivity contribution in [2.75, 3.05) is 4.90 Å². The summed E-state index contributed by atoms with van der Waals surface area (Å²) in [5.41, 5.74) is 10.4. The van der Waals surface area contributed by atoms with E-state index in [0.717, 1.165) is 27.8 Å². The second kappa shape index (κ2) is 13.6. The van der Waals surface area contributed by atoms with Gasteiger partial charge in [-0.2, -0.15) is 0 Å². The van der Waals surface area contributed by atoms with Crippen LogP contribution in [0.15, 0.2) is 213 Å². The van der Waals surface area contributed by atoms with Crippen LogP contribution in [0.3, 0.4) is 0 Å². The molecule has 0 aliphatic rings. The Morgan fingerprint density at radius 1 is 0.263 bits per heavy atom. The standard InChI is InChI=1S/C54H35N3/c1-2-4-41-29-44(10-5-36(41)3-1)45-17-23-53-46(30-45)11-12-47-33-52(22-24-54(47)53)57(50-18-13-37(14-19-50)42-8-6-39-25-27-55-34-48(39)31-42)51-20-15-38(16-21-51)43-9-7-40-26-28-56-35-49(40)32-43/h1-35H. The van der Waals surface area contributed by atoms with Gasteiger partial charge in [0.05, 0.1) is 0 Å². The van der Waals surface area contributed by atoms with Crippen LogP contribution in [0.4, 0.5) is 17.1 Å². The molecule has 3 nitrogen and oxygen atoms in total. The van der Waals surface area contributed by atoms with Gasteiger partial charge in [-0.3, -0.25) is 9.97 Å². The number of pyridine rings is 2. The predicted molar refractivity (Wildman–Crippen MR) is 241 cm³/mol.